The van der Waals surface area contributed by atoms with Crippen LogP contribution in [0, 0.1) is 12.8 Å². The lowest BCUT2D eigenvalue weighted by molar-refractivity contribution is -0.122. The molecular formula is C23H20ClN5O3S. The molecule has 1 saturated heterocycles. The Kier molecular flexibility index (Phi) is 5.51. The third kappa shape index (κ3) is 4.05. The minimum absolute atomic E-state index is 0.112. The van der Waals surface area contributed by atoms with Gasteiger partial charge in [0.15, 0.2) is 0 Å². The Balaban J connectivity index is 1.34. The van der Waals surface area contributed by atoms with Crippen molar-refractivity contribution in [2.24, 2.45) is 5.92 Å². The maximum atomic E-state index is 12.9. The van der Waals surface area contributed by atoms with Gasteiger partial charge in [-0.1, -0.05) is 29.8 Å². The zero-order valence-electron chi connectivity index (χ0n) is 17.9. The zero-order valence-corrected chi connectivity index (χ0v) is 19.5. The Labute approximate surface area is 198 Å². The molecule has 0 aliphatic carbocycles. The van der Waals surface area contributed by atoms with Crippen LogP contribution in [0.1, 0.15) is 12.0 Å². The van der Waals surface area contributed by atoms with Crippen molar-refractivity contribution in [2.45, 2.75) is 13.3 Å². The van der Waals surface area contributed by atoms with Crippen LogP contribution in [0.5, 0.6) is 5.75 Å². The van der Waals surface area contributed by atoms with Crippen LogP contribution in [0.15, 0.2) is 47.8 Å². The van der Waals surface area contributed by atoms with E-state index in [4.69, 9.17) is 16.3 Å². The van der Waals surface area contributed by atoms with Crippen molar-refractivity contribution < 1.29 is 14.3 Å². The van der Waals surface area contributed by atoms with E-state index in [9.17, 15) is 9.59 Å². The number of nitrogens with zero attached hydrogens (tertiary/aromatic N) is 4. The number of halogens is 1. The number of rotatable bonds is 5. The molecule has 0 bridgehead atoms. The highest BCUT2D eigenvalue weighted by Crippen LogP contribution is 2.34. The Morgan fingerprint density at radius 1 is 1.24 bits per heavy atom. The van der Waals surface area contributed by atoms with Crippen molar-refractivity contribution >= 4 is 51.3 Å². The second kappa shape index (κ2) is 8.49. The molecule has 1 fully saturated rings. The van der Waals surface area contributed by atoms with Crippen LogP contribution in [0.25, 0.3) is 16.2 Å². The number of hydrogen-bond acceptors (Lipinski definition) is 6. The first-order chi connectivity index (χ1) is 15.9. The quantitative estimate of drug-likeness (QED) is 0.456. The van der Waals surface area contributed by atoms with Gasteiger partial charge in [0.05, 0.1) is 24.4 Å². The predicted molar refractivity (Wildman–Crippen MR) is 128 cm³/mol. The smallest absolute Gasteiger partial charge is 0.250 e. The molecule has 2 aromatic carbocycles. The summed E-state index contributed by atoms with van der Waals surface area (Å²) in [5.41, 5.74) is 3.47. The molecule has 2 amide bonds. The second-order valence-electron chi connectivity index (χ2n) is 7.83. The van der Waals surface area contributed by atoms with Crippen LogP contribution < -0.4 is 15.0 Å². The Bertz CT molecular complexity index is 1360. The van der Waals surface area contributed by atoms with Gasteiger partial charge >= 0.3 is 0 Å². The number of methoxy groups -OCH3 is 1. The van der Waals surface area contributed by atoms with E-state index in [-0.39, 0.29) is 30.7 Å². The number of anilines is 2. The fraction of sp³-hybridized carbons (Fsp3) is 0.217. The molecule has 1 unspecified atom stereocenters. The average Bonchev–Trinajstić information content (AvgIpc) is 3.48. The number of carbonyl (C=O) groups excluding carboxylic acids is 2. The Morgan fingerprint density at radius 2 is 2.03 bits per heavy atom. The third-order valence-electron chi connectivity index (χ3n) is 5.58. The Hall–Kier alpha value is -3.43. The van der Waals surface area contributed by atoms with E-state index in [0.717, 1.165) is 16.8 Å². The number of ether oxygens (including phenoxy) is 1. The number of hydrogen-bond donors (Lipinski definition) is 1. The lowest BCUT2D eigenvalue weighted by atomic mass is 10.1. The molecule has 168 valence electrons. The first kappa shape index (κ1) is 21.4. The molecule has 8 nitrogen and oxygen atoms in total. The molecule has 1 aliphatic rings. The van der Waals surface area contributed by atoms with Crippen molar-refractivity contribution in [1.29, 1.82) is 0 Å². The van der Waals surface area contributed by atoms with Crippen molar-refractivity contribution in [3.05, 3.63) is 58.4 Å². The summed E-state index contributed by atoms with van der Waals surface area (Å²) in [4.78, 5) is 32.3. The number of fused-ring (bicyclic) bond motifs is 1. The highest BCUT2D eigenvalue weighted by Gasteiger charge is 2.36. The lowest BCUT2D eigenvalue weighted by Crippen LogP contribution is -2.28. The Morgan fingerprint density at radius 3 is 2.79 bits per heavy atom. The second-order valence-corrected chi connectivity index (χ2v) is 9.10. The van der Waals surface area contributed by atoms with Crippen molar-refractivity contribution in [3.63, 3.8) is 0 Å². The maximum Gasteiger partial charge on any atom is 0.250 e. The maximum absolute atomic E-state index is 12.9. The molecule has 4 aromatic rings. The molecule has 3 heterocycles. The van der Waals surface area contributed by atoms with Crippen LogP contribution >= 0.6 is 22.9 Å². The summed E-state index contributed by atoms with van der Waals surface area (Å²) >= 11 is 7.41. The van der Waals surface area contributed by atoms with E-state index >= 15 is 0 Å². The normalized spacial score (nSPS) is 15.9. The first-order valence-corrected chi connectivity index (χ1v) is 11.5. The van der Waals surface area contributed by atoms with Crippen molar-refractivity contribution in [1.82, 2.24) is 14.6 Å². The van der Waals surface area contributed by atoms with Gasteiger partial charge in [-0.05, 0) is 36.8 Å². The number of benzene rings is 2. The van der Waals surface area contributed by atoms with Gasteiger partial charge in [-0.25, -0.2) is 4.52 Å². The SMILES string of the molecule is COc1ccc(C)cc1N1CC(C(=O)Nc2nc3scc(-c4ccc(Cl)cc4)n3n2)CC1=O. The van der Waals surface area contributed by atoms with Gasteiger partial charge in [0.1, 0.15) is 5.75 Å². The standard InChI is InChI=1S/C23H20ClN5O3S/c1-13-3-8-19(32-2)17(9-13)28-11-15(10-20(28)30)21(31)25-22-26-23-29(27-22)18(12-33-23)14-4-6-16(24)7-5-14/h3-9,12,15H,10-11H2,1-2H3,(H,25,27,31). The van der Waals surface area contributed by atoms with Gasteiger partial charge in [-0.3, -0.25) is 14.9 Å². The minimum atomic E-state index is -0.514. The number of amides is 2. The number of carbonyl (C=O) groups is 2. The zero-order chi connectivity index (χ0) is 23.1. The number of aryl methyl sites for hydroxylation is 1. The van der Waals surface area contributed by atoms with Gasteiger partial charge in [-0.2, -0.15) is 4.98 Å². The molecule has 1 atom stereocenters. The lowest BCUT2D eigenvalue weighted by Gasteiger charge is -2.20. The summed E-state index contributed by atoms with van der Waals surface area (Å²) in [5, 5.41) is 9.83. The third-order valence-corrected chi connectivity index (χ3v) is 6.65. The van der Waals surface area contributed by atoms with Gasteiger partial charge in [0.25, 0.3) is 0 Å². The minimum Gasteiger partial charge on any atom is -0.495 e. The summed E-state index contributed by atoms with van der Waals surface area (Å²) in [6.07, 6.45) is 0.112. The van der Waals surface area contributed by atoms with E-state index in [1.165, 1.54) is 11.3 Å². The van der Waals surface area contributed by atoms with Crippen LogP contribution in [0.3, 0.4) is 0 Å². The molecule has 10 heteroatoms. The van der Waals surface area contributed by atoms with Crippen LogP contribution in [-0.4, -0.2) is 40.1 Å². The van der Waals surface area contributed by atoms with Crippen molar-refractivity contribution in [3.8, 4) is 17.0 Å². The van der Waals surface area contributed by atoms with Gasteiger partial charge in [0.2, 0.25) is 22.7 Å². The summed E-state index contributed by atoms with van der Waals surface area (Å²) in [7, 11) is 1.56. The average molecular weight is 482 g/mol. The van der Waals surface area contributed by atoms with Gasteiger partial charge in [0, 0.05) is 28.9 Å². The topological polar surface area (TPSA) is 88.8 Å². The highest BCUT2D eigenvalue weighted by atomic mass is 35.5. The summed E-state index contributed by atoms with van der Waals surface area (Å²) in [6.45, 7) is 2.21. The van der Waals surface area contributed by atoms with Crippen LogP contribution in [-0.2, 0) is 9.59 Å². The molecule has 0 radical (unpaired) electrons. The summed E-state index contributed by atoms with van der Waals surface area (Å²) < 4.78 is 7.10. The number of thiazole rings is 1. The largest absolute Gasteiger partial charge is 0.495 e. The molecule has 0 spiro atoms. The molecule has 0 saturated carbocycles. The van der Waals surface area contributed by atoms with Crippen LogP contribution in [0.2, 0.25) is 5.02 Å². The monoisotopic (exact) mass is 481 g/mol. The van der Waals surface area contributed by atoms with Crippen molar-refractivity contribution in [2.75, 3.05) is 23.9 Å². The predicted octanol–water partition coefficient (Wildman–Crippen LogP) is 4.42. The van der Waals surface area contributed by atoms with E-state index in [2.05, 4.69) is 15.4 Å². The molecule has 2 aromatic heterocycles. The number of aromatic nitrogens is 3. The highest BCUT2D eigenvalue weighted by molar-refractivity contribution is 7.15. The van der Waals surface area contributed by atoms with E-state index in [0.29, 0.717) is 21.4 Å². The molecular weight excluding hydrogens is 462 g/mol. The summed E-state index contributed by atoms with van der Waals surface area (Å²) in [5.74, 6) is -0.117. The fourth-order valence-corrected chi connectivity index (χ4v) is 4.85. The van der Waals surface area contributed by atoms with Gasteiger partial charge in [-0.15, -0.1) is 16.4 Å². The molecule has 33 heavy (non-hydrogen) atoms. The van der Waals surface area contributed by atoms with Crippen LogP contribution in [0.4, 0.5) is 11.6 Å². The molecule has 5 rings (SSSR count). The molecule has 1 N–H and O–H groups in total. The number of nitrogens with one attached hydrogen (secondary N) is 1. The van der Waals surface area contributed by atoms with E-state index < -0.39 is 5.92 Å². The van der Waals surface area contributed by atoms with Gasteiger partial charge < -0.3 is 9.64 Å². The molecule has 1 aliphatic heterocycles. The van der Waals surface area contributed by atoms with E-state index in [1.807, 2.05) is 54.8 Å². The fourth-order valence-electron chi connectivity index (χ4n) is 3.89. The summed E-state index contributed by atoms with van der Waals surface area (Å²) in [6, 6.07) is 13.1. The first-order valence-electron chi connectivity index (χ1n) is 10.3. The van der Waals surface area contributed by atoms with E-state index in [1.54, 1.807) is 16.5 Å².